The van der Waals surface area contributed by atoms with Crippen molar-refractivity contribution in [3.05, 3.63) is 63.6 Å². The van der Waals surface area contributed by atoms with Crippen LogP contribution in [-0.2, 0) is 13.0 Å². The molecule has 0 amide bonds. The van der Waals surface area contributed by atoms with E-state index in [1.54, 1.807) is 6.07 Å². The second-order valence-corrected chi connectivity index (χ2v) is 5.85. The van der Waals surface area contributed by atoms with Gasteiger partial charge >= 0.3 is 0 Å². The Labute approximate surface area is 125 Å². The van der Waals surface area contributed by atoms with Crippen molar-refractivity contribution in [3.8, 4) is 0 Å². The summed E-state index contributed by atoms with van der Waals surface area (Å²) < 4.78 is 1.31. The number of nitrogens with zero attached hydrogens (tertiary/aromatic N) is 2. The molecule has 4 heteroatoms. The summed E-state index contributed by atoms with van der Waals surface area (Å²) >= 11 is 0. The second-order valence-electron chi connectivity index (χ2n) is 5.85. The Bertz CT molecular complexity index is 645. The maximum Gasteiger partial charge on any atom is 0.266 e. The molecule has 1 aromatic carbocycles. The zero-order chi connectivity index (χ0) is 15.4. The lowest BCUT2D eigenvalue weighted by molar-refractivity contribution is 0.149. The molecule has 2 aromatic rings. The molecule has 1 heterocycles. The average Bonchev–Trinajstić information content (AvgIpc) is 2.43. The van der Waals surface area contributed by atoms with Gasteiger partial charge in [0.25, 0.3) is 5.56 Å². The minimum absolute atomic E-state index is 0.171. The Morgan fingerprint density at radius 2 is 1.81 bits per heavy atom. The fourth-order valence-electron chi connectivity index (χ4n) is 2.30. The lowest BCUT2D eigenvalue weighted by Crippen LogP contribution is -2.25. The maximum atomic E-state index is 11.7. The molecule has 0 aliphatic rings. The molecule has 1 unspecified atom stereocenters. The molecule has 1 atom stereocenters. The highest BCUT2D eigenvalue weighted by Crippen LogP contribution is 2.16. The fourth-order valence-corrected chi connectivity index (χ4v) is 2.30. The second kappa shape index (κ2) is 6.68. The number of aromatic nitrogens is 2. The van der Waals surface area contributed by atoms with Crippen LogP contribution in [0.1, 0.15) is 36.8 Å². The highest BCUT2D eigenvalue weighted by Gasteiger charge is 2.10. The quantitative estimate of drug-likeness (QED) is 0.918. The largest absolute Gasteiger partial charge is 0.386 e. The van der Waals surface area contributed by atoms with E-state index in [0.29, 0.717) is 5.92 Å². The summed E-state index contributed by atoms with van der Waals surface area (Å²) in [6.07, 6.45) is 0.292. The van der Waals surface area contributed by atoms with E-state index < -0.39 is 6.10 Å². The van der Waals surface area contributed by atoms with Gasteiger partial charge in [0.1, 0.15) is 0 Å². The first kappa shape index (κ1) is 15.4. The van der Waals surface area contributed by atoms with Gasteiger partial charge in [-0.3, -0.25) is 4.79 Å². The minimum Gasteiger partial charge on any atom is -0.386 e. The Hall–Kier alpha value is -1.94. The van der Waals surface area contributed by atoms with Gasteiger partial charge in [-0.2, -0.15) is 5.10 Å². The summed E-state index contributed by atoms with van der Waals surface area (Å²) in [4.78, 5) is 11.7. The van der Waals surface area contributed by atoms with Crippen molar-refractivity contribution >= 4 is 0 Å². The molecule has 112 valence electrons. The smallest absolute Gasteiger partial charge is 0.266 e. The number of benzene rings is 1. The van der Waals surface area contributed by atoms with Crippen LogP contribution in [0.25, 0.3) is 0 Å². The van der Waals surface area contributed by atoms with Crippen LogP contribution in [-0.4, -0.2) is 14.9 Å². The Balaban J connectivity index is 2.11. The molecule has 21 heavy (non-hydrogen) atoms. The zero-order valence-electron chi connectivity index (χ0n) is 12.8. The van der Waals surface area contributed by atoms with E-state index in [1.807, 2.05) is 31.2 Å². The molecule has 0 saturated carbocycles. The molecule has 1 aromatic heterocycles. The predicted octanol–water partition coefficient (Wildman–Crippen LogP) is 2.48. The summed E-state index contributed by atoms with van der Waals surface area (Å²) in [5.41, 5.74) is 2.62. The number of aliphatic hydroxyl groups is 1. The summed E-state index contributed by atoms with van der Waals surface area (Å²) in [6.45, 7) is 6.35. The summed E-state index contributed by atoms with van der Waals surface area (Å²) in [5.74, 6) is 0.607. The molecule has 0 radical (unpaired) electrons. The van der Waals surface area contributed by atoms with Crippen LogP contribution in [0.3, 0.4) is 0 Å². The summed E-state index contributed by atoms with van der Waals surface area (Å²) in [7, 11) is 0. The number of aryl methyl sites for hydroxylation is 1. The average molecular weight is 286 g/mol. The van der Waals surface area contributed by atoms with Gasteiger partial charge in [-0.05, 0) is 36.5 Å². The first-order valence-corrected chi connectivity index (χ1v) is 7.27. The van der Waals surface area contributed by atoms with Crippen LogP contribution in [0, 0.1) is 12.8 Å². The van der Waals surface area contributed by atoms with Crippen LogP contribution in [0.5, 0.6) is 0 Å². The number of rotatable bonds is 5. The third-order valence-electron chi connectivity index (χ3n) is 3.35. The van der Waals surface area contributed by atoms with E-state index >= 15 is 0 Å². The van der Waals surface area contributed by atoms with E-state index in [1.165, 1.54) is 16.3 Å². The molecule has 4 nitrogen and oxygen atoms in total. The van der Waals surface area contributed by atoms with E-state index in [-0.39, 0.29) is 12.1 Å². The Kier molecular flexibility index (Phi) is 4.91. The molecule has 0 aliphatic carbocycles. The van der Waals surface area contributed by atoms with Crippen molar-refractivity contribution in [1.29, 1.82) is 0 Å². The van der Waals surface area contributed by atoms with Gasteiger partial charge < -0.3 is 5.11 Å². The normalized spacial score (nSPS) is 12.6. The molecular weight excluding hydrogens is 264 g/mol. The number of hydrogen-bond donors (Lipinski definition) is 1. The van der Waals surface area contributed by atoms with Gasteiger partial charge in [0.05, 0.1) is 18.3 Å². The van der Waals surface area contributed by atoms with E-state index in [9.17, 15) is 9.90 Å². The standard InChI is InChI=1S/C17H22N2O2/c1-12(2)10-14-5-7-15(8-6-14)16(20)11-19-17(21)9-4-13(3)18-19/h4-9,12,16,20H,10-11H2,1-3H3. The fraction of sp³-hybridized carbons (Fsp3) is 0.412. The van der Waals surface area contributed by atoms with Crippen molar-refractivity contribution in [2.75, 3.05) is 0 Å². The van der Waals surface area contributed by atoms with Gasteiger partial charge in [-0.25, -0.2) is 4.68 Å². The summed E-state index contributed by atoms with van der Waals surface area (Å²) in [6, 6.07) is 11.1. The lowest BCUT2D eigenvalue weighted by Gasteiger charge is -2.13. The van der Waals surface area contributed by atoms with Crippen molar-refractivity contribution in [2.45, 2.75) is 39.8 Å². The Morgan fingerprint density at radius 1 is 1.14 bits per heavy atom. The van der Waals surface area contributed by atoms with Crippen LogP contribution in [0.4, 0.5) is 0 Å². The van der Waals surface area contributed by atoms with Gasteiger partial charge in [0.15, 0.2) is 0 Å². The van der Waals surface area contributed by atoms with E-state index in [0.717, 1.165) is 17.7 Å². The summed E-state index contributed by atoms with van der Waals surface area (Å²) in [5, 5.41) is 14.4. The Morgan fingerprint density at radius 3 is 2.43 bits per heavy atom. The van der Waals surface area contributed by atoms with Gasteiger partial charge in [0.2, 0.25) is 0 Å². The minimum atomic E-state index is -0.731. The molecule has 0 fully saturated rings. The third-order valence-corrected chi connectivity index (χ3v) is 3.35. The topological polar surface area (TPSA) is 55.1 Å². The number of aliphatic hydroxyl groups excluding tert-OH is 1. The molecule has 0 spiro atoms. The SMILES string of the molecule is Cc1ccc(=O)n(CC(O)c2ccc(CC(C)C)cc2)n1. The van der Waals surface area contributed by atoms with Gasteiger partial charge in [0, 0.05) is 6.07 Å². The third kappa shape index (κ3) is 4.26. The van der Waals surface area contributed by atoms with E-state index in [4.69, 9.17) is 0 Å². The predicted molar refractivity (Wildman–Crippen MR) is 83.2 cm³/mol. The van der Waals surface area contributed by atoms with Crippen LogP contribution in [0.2, 0.25) is 0 Å². The number of hydrogen-bond acceptors (Lipinski definition) is 3. The lowest BCUT2D eigenvalue weighted by atomic mass is 10.0. The van der Waals surface area contributed by atoms with Crippen molar-refractivity contribution in [2.24, 2.45) is 5.92 Å². The maximum absolute atomic E-state index is 11.7. The van der Waals surface area contributed by atoms with Gasteiger partial charge in [-0.15, -0.1) is 0 Å². The van der Waals surface area contributed by atoms with Gasteiger partial charge in [-0.1, -0.05) is 38.1 Å². The van der Waals surface area contributed by atoms with E-state index in [2.05, 4.69) is 18.9 Å². The van der Waals surface area contributed by atoms with Crippen LogP contribution in [0.15, 0.2) is 41.2 Å². The van der Waals surface area contributed by atoms with Crippen molar-refractivity contribution < 1.29 is 5.11 Å². The van der Waals surface area contributed by atoms with Crippen molar-refractivity contribution in [3.63, 3.8) is 0 Å². The molecule has 0 bridgehead atoms. The molecule has 0 saturated heterocycles. The molecule has 2 rings (SSSR count). The highest BCUT2D eigenvalue weighted by molar-refractivity contribution is 5.24. The molecule has 0 aliphatic heterocycles. The zero-order valence-corrected chi connectivity index (χ0v) is 12.8. The molecular formula is C17H22N2O2. The first-order valence-electron chi connectivity index (χ1n) is 7.27. The van der Waals surface area contributed by atoms with Crippen LogP contribution >= 0.6 is 0 Å². The van der Waals surface area contributed by atoms with Crippen molar-refractivity contribution in [1.82, 2.24) is 9.78 Å². The monoisotopic (exact) mass is 286 g/mol. The van der Waals surface area contributed by atoms with Crippen LogP contribution < -0.4 is 5.56 Å². The molecule has 1 N–H and O–H groups in total. The highest BCUT2D eigenvalue weighted by atomic mass is 16.3. The first-order chi connectivity index (χ1) is 9.95.